The second-order valence-corrected chi connectivity index (χ2v) is 6.12. The van der Waals surface area contributed by atoms with Crippen LogP contribution in [0.2, 0.25) is 0 Å². The van der Waals surface area contributed by atoms with Crippen LogP contribution < -0.4 is 5.32 Å². The van der Waals surface area contributed by atoms with Crippen molar-refractivity contribution >= 4 is 12.0 Å². The first-order valence-electron chi connectivity index (χ1n) is 7.48. The number of rotatable bonds is 3. The van der Waals surface area contributed by atoms with Crippen LogP contribution >= 0.6 is 0 Å². The number of likely N-dealkylation sites (tertiary alicyclic amines) is 1. The molecule has 2 fully saturated rings. The van der Waals surface area contributed by atoms with E-state index < -0.39 is 17.4 Å². The molecule has 120 valence electrons. The standard InChI is InChI=1S/C14H24N2O5/c1-14(12(18)19)9-21-8-11(14)15-13(20)16-6-4-2-3-5-10(16)7-17/h10-11,17H,2-9H2,1H3,(H,15,20)(H,18,19). The SMILES string of the molecule is CC1(C(=O)O)COCC1NC(=O)N1CCCCCC1CO. The summed E-state index contributed by atoms with van der Waals surface area (Å²) in [4.78, 5) is 25.5. The van der Waals surface area contributed by atoms with Crippen molar-refractivity contribution < 1.29 is 24.5 Å². The maximum Gasteiger partial charge on any atom is 0.318 e. The minimum Gasteiger partial charge on any atom is -0.481 e. The van der Waals surface area contributed by atoms with E-state index in [9.17, 15) is 19.8 Å². The van der Waals surface area contributed by atoms with E-state index in [0.717, 1.165) is 25.7 Å². The first-order chi connectivity index (χ1) is 9.99. The number of hydrogen-bond donors (Lipinski definition) is 3. The van der Waals surface area contributed by atoms with E-state index >= 15 is 0 Å². The fourth-order valence-electron chi connectivity index (χ4n) is 2.95. The lowest BCUT2D eigenvalue weighted by atomic mass is 9.85. The minimum atomic E-state index is -1.10. The Balaban J connectivity index is 2.04. The largest absolute Gasteiger partial charge is 0.481 e. The Bertz CT molecular complexity index is 403. The van der Waals surface area contributed by atoms with E-state index in [1.54, 1.807) is 11.8 Å². The molecule has 2 aliphatic rings. The molecule has 2 rings (SSSR count). The van der Waals surface area contributed by atoms with E-state index in [4.69, 9.17) is 4.74 Å². The fourth-order valence-corrected chi connectivity index (χ4v) is 2.95. The van der Waals surface area contributed by atoms with Gasteiger partial charge in [-0.05, 0) is 19.8 Å². The molecule has 7 nitrogen and oxygen atoms in total. The molecule has 0 radical (unpaired) electrons. The van der Waals surface area contributed by atoms with Gasteiger partial charge in [-0.3, -0.25) is 4.79 Å². The second-order valence-electron chi connectivity index (χ2n) is 6.12. The number of amides is 2. The molecule has 3 N–H and O–H groups in total. The van der Waals surface area contributed by atoms with Gasteiger partial charge in [0.05, 0.1) is 31.9 Å². The van der Waals surface area contributed by atoms with E-state index in [1.165, 1.54) is 0 Å². The summed E-state index contributed by atoms with van der Waals surface area (Å²) in [6.07, 6.45) is 3.72. The molecule has 2 amide bonds. The maximum atomic E-state index is 12.4. The van der Waals surface area contributed by atoms with Crippen LogP contribution in [0.5, 0.6) is 0 Å². The highest BCUT2D eigenvalue weighted by atomic mass is 16.5. The van der Waals surface area contributed by atoms with Gasteiger partial charge in [-0.1, -0.05) is 12.8 Å². The van der Waals surface area contributed by atoms with Crippen molar-refractivity contribution in [3.8, 4) is 0 Å². The molecule has 0 aromatic carbocycles. The number of aliphatic hydroxyl groups is 1. The normalized spacial score (nSPS) is 33.5. The van der Waals surface area contributed by atoms with Crippen molar-refractivity contribution in [3.05, 3.63) is 0 Å². The Morgan fingerprint density at radius 2 is 2.14 bits per heavy atom. The predicted octanol–water partition coefficient (Wildman–Crippen LogP) is 0.423. The van der Waals surface area contributed by atoms with Crippen LogP contribution in [0.4, 0.5) is 4.79 Å². The van der Waals surface area contributed by atoms with E-state index in [0.29, 0.717) is 6.54 Å². The lowest BCUT2D eigenvalue weighted by Crippen LogP contribution is -2.55. The Hall–Kier alpha value is -1.34. The molecule has 0 aromatic heterocycles. The maximum absolute atomic E-state index is 12.4. The number of carboxylic acid groups (broad SMARTS) is 1. The van der Waals surface area contributed by atoms with E-state index in [-0.39, 0.29) is 31.9 Å². The topological polar surface area (TPSA) is 99.1 Å². The molecule has 2 heterocycles. The summed E-state index contributed by atoms with van der Waals surface area (Å²) in [5, 5.41) is 21.6. The van der Waals surface area contributed by atoms with Crippen molar-refractivity contribution in [3.63, 3.8) is 0 Å². The molecule has 3 atom stereocenters. The number of aliphatic carboxylic acids is 1. The summed E-state index contributed by atoms with van der Waals surface area (Å²) < 4.78 is 5.24. The van der Waals surface area contributed by atoms with Crippen molar-refractivity contribution in [2.75, 3.05) is 26.4 Å². The average molecular weight is 300 g/mol. The monoisotopic (exact) mass is 300 g/mol. The summed E-state index contributed by atoms with van der Waals surface area (Å²) in [6.45, 7) is 2.40. The van der Waals surface area contributed by atoms with Gasteiger partial charge in [-0.2, -0.15) is 0 Å². The highest BCUT2D eigenvalue weighted by molar-refractivity contribution is 5.79. The predicted molar refractivity (Wildman–Crippen MR) is 74.9 cm³/mol. The molecule has 21 heavy (non-hydrogen) atoms. The number of urea groups is 1. The van der Waals surface area contributed by atoms with Crippen molar-refractivity contribution in [1.29, 1.82) is 0 Å². The van der Waals surface area contributed by atoms with Gasteiger partial charge in [0.1, 0.15) is 5.41 Å². The molecule has 7 heteroatoms. The number of aliphatic hydroxyl groups excluding tert-OH is 1. The molecule has 3 unspecified atom stereocenters. The summed E-state index contributed by atoms with van der Waals surface area (Å²) in [7, 11) is 0. The number of nitrogens with one attached hydrogen (secondary N) is 1. The highest BCUT2D eigenvalue weighted by Crippen LogP contribution is 2.29. The van der Waals surface area contributed by atoms with Gasteiger partial charge in [-0.25, -0.2) is 4.79 Å². The zero-order chi connectivity index (χ0) is 15.5. The lowest BCUT2D eigenvalue weighted by molar-refractivity contribution is -0.148. The van der Waals surface area contributed by atoms with Crippen LogP contribution in [-0.4, -0.2) is 65.6 Å². The molecular formula is C14H24N2O5. The number of carbonyl (C=O) groups is 2. The van der Waals surface area contributed by atoms with Crippen LogP contribution in [0.25, 0.3) is 0 Å². The third-order valence-corrected chi connectivity index (χ3v) is 4.59. The van der Waals surface area contributed by atoms with Gasteiger partial charge in [0.2, 0.25) is 0 Å². The van der Waals surface area contributed by atoms with Crippen molar-refractivity contribution in [2.24, 2.45) is 5.41 Å². The number of carboxylic acids is 1. The van der Waals surface area contributed by atoms with Gasteiger partial charge in [0.15, 0.2) is 0 Å². The third kappa shape index (κ3) is 3.29. The lowest BCUT2D eigenvalue weighted by Gasteiger charge is -2.32. The Kier molecular flexibility index (Phi) is 5.05. The molecule has 0 spiro atoms. The molecule has 0 bridgehead atoms. The second kappa shape index (κ2) is 6.62. The smallest absolute Gasteiger partial charge is 0.318 e. The number of hydrogen-bond acceptors (Lipinski definition) is 4. The Morgan fingerprint density at radius 3 is 2.81 bits per heavy atom. The summed E-state index contributed by atoms with van der Waals surface area (Å²) in [5.41, 5.74) is -1.10. The first kappa shape index (κ1) is 16.0. The van der Waals surface area contributed by atoms with Crippen LogP contribution in [0.1, 0.15) is 32.6 Å². The molecule has 0 saturated carbocycles. The summed E-state index contributed by atoms with van der Waals surface area (Å²) >= 11 is 0. The summed E-state index contributed by atoms with van der Waals surface area (Å²) in [5.74, 6) is -0.972. The summed E-state index contributed by atoms with van der Waals surface area (Å²) in [6, 6.07) is -1.05. The third-order valence-electron chi connectivity index (χ3n) is 4.59. The fraction of sp³-hybridized carbons (Fsp3) is 0.857. The minimum absolute atomic E-state index is 0.0647. The quantitative estimate of drug-likeness (QED) is 0.701. The molecular weight excluding hydrogens is 276 g/mol. The zero-order valence-corrected chi connectivity index (χ0v) is 12.4. The number of carbonyl (C=O) groups excluding carboxylic acids is 1. The Morgan fingerprint density at radius 1 is 1.38 bits per heavy atom. The van der Waals surface area contributed by atoms with Gasteiger partial charge in [-0.15, -0.1) is 0 Å². The van der Waals surface area contributed by atoms with Crippen molar-refractivity contribution in [1.82, 2.24) is 10.2 Å². The first-order valence-corrected chi connectivity index (χ1v) is 7.48. The van der Waals surface area contributed by atoms with Crippen LogP contribution in [0.3, 0.4) is 0 Å². The average Bonchev–Trinajstić information content (AvgIpc) is 2.69. The highest BCUT2D eigenvalue weighted by Gasteiger charge is 2.48. The molecule has 2 aliphatic heterocycles. The molecule has 2 saturated heterocycles. The van der Waals surface area contributed by atoms with Crippen LogP contribution in [-0.2, 0) is 9.53 Å². The van der Waals surface area contributed by atoms with Gasteiger partial charge in [0.25, 0.3) is 0 Å². The zero-order valence-electron chi connectivity index (χ0n) is 12.4. The van der Waals surface area contributed by atoms with Gasteiger partial charge >= 0.3 is 12.0 Å². The van der Waals surface area contributed by atoms with Crippen LogP contribution in [0, 0.1) is 5.41 Å². The van der Waals surface area contributed by atoms with Crippen LogP contribution in [0.15, 0.2) is 0 Å². The van der Waals surface area contributed by atoms with E-state index in [2.05, 4.69) is 5.32 Å². The van der Waals surface area contributed by atoms with Gasteiger partial charge in [0, 0.05) is 6.54 Å². The number of ether oxygens (including phenoxy) is 1. The molecule has 0 aromatic rings. The van der Waals surface area contributed by atoms with E-state index in [1.807, 2.05) is 0 Å². The van der Waals surface area contributed by atoms with Crippen molar-refractivity contribution in [2.45, 2.75) is 44.7 Å². The number of nitrogens with zero attached hydrogens (tertiary/aromatic N) is 1. The Labute approximate surface area is 124 Å². The molecule has 0 aliphatic carbocycles. The van der Waals surface area contributed by atoms with Gasteiger partial charge < -0.3 is 25.2 Å².